The molecule has 2 rings (SSSR count). The zero-order valence-electron chi connectivity index (χ0n) is 10.5. The fourth-order valence-corrected chi connectivity index (χ4v) is 3.15. The Morgan fingerprint density at radius 3 is 2.83 bits per heavy atom. The minimum atomic E-state index is 0.404. The number of benzene rings is 1. The number of rotatable bonds is 6. The van der Waals surface area contributed by atoms with Gasteiger partial charge in [-0.3, -0.25) is 0 Å². The van der Waals surface area contributed by atoms with Gasteiger partial charge in [0.15, 0.2) is 0 Å². The smallest absolute Gasteiger partial charge is 0.0369 e. The Balaban J connectivity index is 2.13. The van der Waals surface area contributed by atoms with E-state index in [0.29, 0.717) is 6.04 Å². The second kappa shape index (κ2) is 7.07. The van der Waals surface area contributed by atoms with Crippen LogP contribution in [0.2, 0.25) is 0 Å². The molecule has 0 amide bonds. The van der Waals surface area contributed by atoms with E-state index in [2.05, 4.69) is 69.9 Å². The molecule has 3 heteroatoms. The Kier molecular flexibility index (Phi) is 5.42. The van der Waals surface area contributed by atoms with Crippen molar-refractivity contribution in [2.45, 2.75) is 25.8 Å². The Morgan fingerprint density at radius 2 is 2.17 bits per heavy atom. The summed E-state index contributed by atoms with van der Waals surface area (Å²) in [4.78, 5) is 1.43. The van der Waals surface area contributed by atoms with Crippen molar-refractivity contribution >= 4 is 27.3 Å². The molecule has 18 heavy (non-hydrogen) atoms. The molecular formula is C15H18BrNS. The molecule has 2 aromatic rings. The van der Waals surface area contributed by atoms with Gasteiger partial charge < -0.3 is 5.32 Å². The van der Waals surface area contributed by atoms with Gasteiger partial charge in [-0.05, 0) is 42.1 Å². The van der Waals surface area contributed by atoms with Crippen molar-refractivity contribution in [3.63, 3.8) is 0 Å². The lowest BCUT2D eigenvalue weighted by Crippen LogP contribution is -2.23. The van der Waals surface area contributed by atoms with Gasteiger partial charge in [-0.15, -0.1) is 11.3 Å². The summed E-state index contributed by atoms with van der Waals surface area (Å²) in [5.41, 5.74) is 1.35. The minimum absolute atomic E-state index is 0.404. The molecule has 0 saturated heterocycles. The van der Waals surface area contributed by atoms with E-state index in [4.69, 9.17) is 0 Å². The first-order valence-electron chi connectivity index (χ1n) is 6.31. The molecule has 0 saturated carbocycles. The third-order valence-corrected chi connectivity index (χ3v) is 4.27. The molecule has 0 aliphatic heterocycles. The van der Waals surface area contributed by atoms with Crippen LogP contribution in [0.15, 0.2) is 46.3 Å². The summed E-state index contributed by atoms with van der Waals surface area (Å²) in [6.07, 6.45) is 2.23. The van der Waals surface area contributed by atoms with Gasteiger partial charge in [0.05, 0.1) is 0 Å². The Morgan fingerprint density at radius 1 is 1.28 bits per heavy atom. The van der Waals surface area contributed by atoms with E-state index >= 15 is 0 Å². The van der Waals surface area contributed by atoms with Crippen molar-refractivity contribution in [3.8, 4) is 0 Å². The SMILES string of the molecule is CCCNC(Cc1cccs1)c1cccc(Br)c1. The third kappa shape index (κ3) is 3.94. The number of nitrogens with one attached hydrogen (secondary N) is 1. The van der Waals surface area contributed by atoms with Gasteiger partial charge in [-0.25, -0.2) is 0 Å². The molecule has 0 radical (unpaired) electrons. The van der Waals surface area contributed by atoms with Crippen molar-refractivity contribution < 1.29 is 0 Å². The fourth-order valence-electron chi connectivity index (χ4n) is 1.98. The molecule has 0 fully saturated rings. The number of halogens is 1. The van der Waals surface area contributed by atoms with E-state index in [1.54, 1.807) is 0 Å². The minimum Gasteiger partial charge on any atom is -0.310 e. The first-order valence-corrected chi connectivity index (χ1v) is 7.98. The maximum Gasteiger partial charge on any atom is 0.0369 e. The van der Waals surface area contributed by atoms with Crippen LogP contribution in [0.4, 0.5) is 0 Å². The summed E-state index contributed by atoms with van der Waals surface area (Å²) in [5, 5.41) is 5.78. The highest BCUT2D eigenvalue weighted by atomic mass is 79.9. The Labute approximate surface area is 121 Å². The largest absolute Gasteiger partial charge is 0.310 e. The first-order chi connectivity index (χ1) is 8.79. The molecule has 1 atom stereocenters. The summed E-state index contributed by atoms with van der Waals surface area (Å²) in [6, 6.07) is 13.3. The highest BCUT2D eigenvalue weighted by molar-refractivity contribution is 9.10. The van der Waals surface area contributed by atoms with E-state index in [1.807, 2.05) is 11.3 Å². The molecule has 1 aromatic carbocycles. The van der Waals surface area contributed by atoms with Gasteiger partial charge in [0.25, 0.3) is 0 Å². The molecule has 1 unspecified atom stereocenters. The average Bonchev–Trinajstić information content (AvgIpc) is 2.87. The summed E-state index contributed by atoms with van der Waals surface area (Å²) < 4.78 is 1.15. The van der Waals surface area contributed by atoms with Crippen LogP contribution in [-0.4, -0.2) is 6.54 Å². The van der Waals surface area contributed by atoms with Crippen molar-refractivity contribution in [1.29, 1.82) is 0 Å². The van der Waals surface area contributed by atoms with Crippen molar-refractivity contribution in [2.75, 3.05) is 6.54 Å². The summed E-state index contributed by atoms with van der Waals surface area (Å²) in [6.45, 7) is 3.26. The van der Waals surface area contributed by atoms with Gasteiger partial charge >= 0.3 is 0 Å². The summed E-state index contributed by atoms with van der Waals surface area (Å²) in [7, 11) is 0. The molecule has 1 heterocycles. The van der Waals surface area contributed by atoms with Gasteiger partial charge in [0.1, 0.15) is 0 Å². The fraction of sp³-hybridized carbons (Fsp3) is 0.333. The van der Waals surface area contributed by atoms with Crippen LogP contribution >= 0.6 is 27.3 Å². The predicted molar refractivity (Wildman–Crippen MR) is 83.2 cm³/mol. The van der Waals surface area contributed by atoms with Crippen LogP contribution in [0, 0.1) is 0 Å². The zero-order chi connectivity index (χ0) is 12.8. The molecule has 0 bridgehead atoms. The first kappa shape index (κ1) is 13.8. The summed E-state index contributed by atoms with van der Waals surface area (Å²) in [5.74, 6) is 0. The van der Waals surface area contributed by atoms with Crippen LogP contribution in [0.1, 0.15) is 29.8 Å². The molecule has 1 N–H and O–H groups in total. The molecule has 0 spiro atoms. The van der Waals surface area contributed by atoms with Crippen LogP contribution in [0.3, 0.4) is 0 Å². The molecule has 1 nitrogen and oxygen atoms in total. The van der Waals surface area contributed by atoms with Crippen LogP contribution in [0.5, 0.6) is 0 Å². The lowest BCUT2D eigenvalue weighted by atomic mass is 10.0. The molecule has 0 aliphatic rings. The third-order valence-electron chi connectivity index (χ3n) is 2.88. The molecule has 1 aromatic heterocycles. The summed E-state index contributed by atoms with van der Waals surface area (Å²) >= 11 is 5.38. The maximum absolute atomic E-state index is 3.64. The second-order valence-electron chi connectivity index (χ2n) is 4.35. The van der Waals surface area contributed by atoms with Gasteiger partial charge in [0.2, 0.25) is 0 Å². The van der Waals surface area contributed by atoms with Crippen molar-refractivity contribution in [1.82, 2.24) is 5.32 Å². The van der Waals surface area contributed by atoms with E-state index in [-0.39, 0.29) is 0 Å². The van der Waals surface area contributed by atoms with Gasteiger partial charge in [-0.1, -0.05) is 41.1 Å². The quantitative estimate of drug-likeness (QED) is 0.805. The lowest BCUT2D eigenvalue weighted by Gasteiger charge is -2.18. The van der Waals surface area contributed by atoms with E-state index in [0.717, 1.165) is 23.9 Å². The molecular weight excluding hydrogens is 306 g/mol. The van der Waals surface area contributed by atoms with Crippen LogP contribution < -0.4 is 5.32 Å². The van der Waals surface area contributed by atoms with E-state index < -0.39 is 0 Å². The van der Waals surface area contributed by atoms with E-state index in [9.17, 15) is 0 Å². The predicted octanol–water partition coefficient (Wildman–Crippen LogP) is 4.79. The normalized spacial score (nSPS) is 12.6. The highest BCUT2D eigenvalue weighted by Gasteiger charge is 2.12. The topological polar surface area (TPSA) is 12.0 Å². The Hall–Kier alpha value is -0.640. The zero-order valence-corrected chi connectivity index (χ0v) is 12.9. The van der Waals surface area contributed by atoms with Crippen LogP contribution in [-0.2, 0) is 6.42 Å². The number of hydrogen-bond donors (Lipinski definition) is 1. The second-order valence-corrected chi connectivity index (χ2v) is 6.29. The maximum atomic E-state index is 3.64. The average molecular weight is 324 g/mol. The number of thiophene rings is 1. The van der Waals surface area contributed by atoms with Crippen molar-refractivity contribution in [2.24, 2.45) is 0 Å². The molecule has 0 aliphatic carbocycles. The Bertz CT molecular complexity index is 467. The number of hydrogen-bond acceptors (Lipinski definition) is 2. The van der Waals surface area contributed by atoms with Gasteiger partial charge in [-0.2, -0.15) is 0 Å². The van der Waals surface area contributed by atoms with Gasteiger partial charge in [0, 0.05) is 21.8 Å². The van der Waals surface area contributed by atoms with Crippen molar-refractivity contribution in [3.05, 3.63) is 56.7 Å². The van der Waals surface area contributed by atoms with Crippen LogP contribution in [0.25, 0.3) is 0 Å². The molecule has 96 valence electrons. The lowest BCUT2D eigenvalue weighted by molar-refractivity contribution is 0.532. The standard InChI is InChI=1S/C15H18BrNS/c1-2-8-17-15(11-14-7-4-9-18-14)12-5-3-6-13(16)10-12/h3-7,9-10,15,17H,2,8,11H2,1H3. The highest BCUT2D eigenvalue weighted by Crippen LogP contribution is 2.23. The monoisotopic (exact) mass is 323 g/mol. The van der Waals surface area contributed by atoms with E-state index in [1.165, 1.54) is 10.4 Å².